The zero-order chi connectivity index (χ0) is 33.1. The molecule has 2 atom stereocenters. The second-order valence-corrected chi connectivity index (χ2v) is 11.8. The van der Waals surface area contributed by atoms with Crippen LogP contribution in [-0.4, -0.2) is 93.4 Å². The number of carbonyl (C=O) groups is 2. The van der Waals surface area contributed by atoms with Gasteiger partial charge in [0.15, 0.2) is 11.5 Å². The summed E-state index contributed by atoms with van der Waals surface area (Å²) in [4.78, 5) is 31.0. The van der Waals surface area contributed by atoms with Gasteiger partial charge in [-0.05, 0) is 81.7 Å². The molecule has 2 N–H and O–H groups in total. The number of benzene rings is 3. The van der Waals surface area contributed by atoms with Gasteiger partial charge < -0.3 is 39.2 Å². The molecule has 4 rings (SSSR count). The minimum absolute atomic E-state index is 0.0414. The molecule has 1 fully saturated rings. The van der Waals surface area contributed by atoms with Crippen molar-refractivity contribution in [3.8, 4) is 23.0 Å². The smallest absolute Gasteiger partial charge is 0.251 e. The van der Waals surface area contributed by atoms with Crippen LogP contribution in [0.3, 0.4) is 0 Å². The summed E-state index contributed by atoms with van der Waals surface area (Å²) in [6.07, 6.45) is 1.21. The van der Waals surface area contributed by atoms with E-state index < -0.39 is 18.1 Å². The molecule has 10 heteroatoms. The third kappa shape index (κ3) is 9.37. The molecular formula is C36H47N3O7. The van der Waals surface area contributed by atoms with Crippen LogP contribution in [0.1, 0.15) is 41.3 Å². The molecule has 0 spiro atoms. The van der Waals surface area contributed by atoms with E-state index >= 15 is 0 Å². The van der Waals surface area contributed by atoms with Gasteiger partial charge in [-0.2, -0.15) is 0 Å². The van der Waals surface area contributed by atoms with Crippen LogP contribution in [-0.2, 0) is 17.8 Å². The van der Waals surface area contributed by atoms with E-state index in [0.717, 1.165) is 42.8 Å². The Hall–Kier alpha value is -4.28. The molecule has 10 nitrogen and oxygen atoms in total. The molecule has 0 aromatic heterocycles. The first-order chi connectivity index (χ1) is 22.2. The van der Waals surface area contributed by atoms with Crippen LogP contribution in [0.2, 0.25) is 0 Å². The highest BCUT2D eigenvalue weighted by Crippen LogP contribution is 2.39. The lowest BCUT2D eigenvalue weighted by Gasteiger charge is -2.34. The number of amides is 2. The predicted molar refractivity (Wildman–Crippen MR) is 177 cm³/mol. The first kappa shape index (κ1) is 34.6. The molecule has 0 bridgehead atoms. The lowest BCUT2D eigenvalue weighted by atomic mass is 9.95. The molecule has 0 saturated carbocycles. The van der Waals surface area contributed by atoms with E-state index in [1.807, 2.05) is 54.6 Å². The van der Waals surface area contributed by atoms with Gasteiger partial charge in [0.2, 0.25) is 11.7 Å². The molecular weight excluding hydrogens is 586 g/mol. The maximum Gasteiger partial charge on any atom is 0.251 e. The van der Waals surface area contributed by atoms with Crippen LogP contribution in [0.25, 0.3) is 0 Å². The fraction of sp³-hybridized carbons (Fsp3) is 0.444. The number of aliphatic hydroxyl groups excluding tert-OH is 1. The van der Waals surface area contributed by atoms with Crippen molar-refractivity contribution in [3.05, 3.63) is 83.4 Å². The largest absolute Gasteiger partial charge is 0.497 e. The van der Waals surface area contributed by atoms with Gasteiger partial charge >= 0.3 is 0 Å². The number of rotatable bonds is 15. The van der Waals surface area contributed by atoms with E-state index in [-0.39, 0.29) is 18.4 Å². The lowest BCUT2D eigenvalue weighted by molar-refractivity contribution is -0.138. The van der Waals surface area contributed by atoms with E-state index in [1.165, 1.54) is 14.2 Å². The average molecular weight is 634 g/mol. The first-order valence-electron chi connectivity index (χ1n) is 15.7. The van der Waals surface area contributed by atoms with Crippen molar-refractivity contribution in [2.75, 3.05) is 54.6 Å². The molecule has 2 unspecified atom stereocenters. The topological polar surface area (TPSA) is 110 Å². The van der Waals surface area contributed by atoms with Crippen molar-refractivity contribution in [1.82, 2.24) is 15.1 Å². The molecule has 248 valence electrons. The number of nitrogens with one attached hydrogen (secondary N) is 1. The average Bonchev–Trinajstić information content (AvgIpc) is 3.09. The number of carbonyl (C=O) groups excluding carboxylic acids is 2. The van der Waals surface area contributed by atoms with E-state index in [9.17, 15) is 14.7 Å². The Morgan fingerprint density at radius 3 is 2.15 bits per heavy atom. The highest BCUT2D eigenvalue weighted by atomic mass is 16.5. The minimum atomic E-state index is -0.993. The van der Waals surface area contributed by atoms with Gasteiger partial charge in [0.25, 0.3) is 5.91 Å². The molecule has 1 saturated heterocycles. The van der Waals surface area contributed by atoms with Crippen LogP contribution in [0.5, 0.6) is 23.0 Å². The Morgan fingerprint density at radius 2 is 1.57 bits per heavy atom. The highest BCUT2D eigenvalue weighted by molar-refractivity contribution is 5.95. The number of ether oxygens (including phenoxy) is 4. The summed E-state index contributed by atoms with van der Waals surface area (Å²) >= 11 is 0. The molecule has 1 aliphatic heterocycles. The van der Waals surface area contributed by atoms with E-state index in [2.05, 4.69) is 17.3 Å². The number of hydrogen-bond donors (Lipinski definition) is 2. The first-order valence-corrected chi connectivity index (χ1v) is 15.7. The molecule has 2 amide bonds. The molecule has 46 heavy (non-hydrogen) atoms. The van der Waals surface area contributed by atoms with Crippen LogP contribution < -0.4 is 24.3 Å². The Balaban J connectivity index is 1.43. The Bertz CT molecular complexity index is 1380. The maximum atomic E-state index is 13.7. The number of methoxy groups -OCH3 is 3. The number of nitrogens with zero attached hydrogens (tertiary/aromatic N) is 2. The molecule has 3 aromatic rings. The van der Waals surface area contributed by atoms with E-state index in [1.54, 1.807) is 31.1 Å². The summed E-state index contributed by atoms with van der Waals surface area (Å²) in [6.45, 7) is 4.31. The number of hydrogen-bond acceptors (Lipinski definition) is 8. The predicted octanol–water partition coefficient (Wildman–Crippen LogP) is 4.18. The maximum absolute atomic E-state index is 13.7. The zero-order valence-electron chi connectivity index (χ0n) is 27.5. The fourth-order valence-corrected chi connectivity index (χ4v) is 5.51. The molecule has 0 radical (unpaired) electrons. The van der Waals surface area contributed by atoms with Gasteiger partial charge in [0, 0.05) is 24.6 Å². The number of aliphatic hydroxyl groups is 1. The van der Waals surface area contributed by atoms with Gasteiger partial charge in [-0.1, -0.05) is 42.5 Å². The van der Waals surface area contributed by atoms with Crippen LogP contribution >= 0.6 is 0 Å². The summed E-state index contributed by atoms with van der Waals surface area (Å²) < 4.78 is 22.4. The monoisotopic (exact) mass is 633 g/mol. The van der Waals surface area contributed by atoms with Crippen LogP contribution in [0, 0.1) is 5.92 Å². The number of piperidine rings is 1. The Labute approximate surface area is 272 Å². The lowest BCUT2D eigenvalue weighted by Crippen LogP contribution is -2.50. The van der Waals surface area contributed by atoms with Crippen LogP contribution in [0.15, 0.2) is 66.7 Å². The van der Waals surface area contributed by atoms with Crippen molar-refractivity contribution in [3.63, 3.8) is 0 Å². The van der Waals surface area contributed by atoms with Crippen molar-refractivity contribution < 1.29 is 33.6 Å². The summed E-state index contributed by atoms with van der Waals surface area (Å²) in [5.41, 5.74) is 2.33. The summed E-state index contributed by atoms with van der Waals surface area (Å²) in [7, 11) is 6.69. The van der Waals surface area contributed by atoms with Crippen molar-refractivity contribution >= 4 is 11.8 Å². The quantitative estimate of drug-likeness (QED) is 0.257. The van der Waals surface area contributed by atoms with Gasteiger partial charge in [0.05, 0.1) is 33.5 Å². The SMILES string of the molecule is COc1ccc(CCN(CC(O)C(C)NC(=O)c2cc(OC)c(OCc3ccccc3)c(OC)c2)C(=O)C2CCN(C)CC2)cc1. The van der Waals surface area contributed by atoms with Gasteiger partial charge in [-0.25, -0.2) is 0 Å². The number of likely N-dealkylation sites (tertiary alicyclic amines) is 1. The van der Waals surface area contributed by atoms with Crippen molar-refractivity contribution in [2.24, 2.45) is 5.92 Å². The zero-order valence-corrected chi connectivity index (χ0v) is 27.5. The van der Waals surface area contributed by atoms with Gasteiger partial charge in [-0.15, -0.1) is 0 Å². The highest BCUT2D eigenvalue weighted by Gasteiger charge is 2.30. The Morgan fingerprint density at radius 1 is 0.935 bits per heavy atom. The second-order valence-electron chi connectivity index (χ2n) is 11.8. The molecule has 3 aromatic carbocycles. The van der Waals surface area contributed by atoms with Gasteiger partial charge in [0.1, 0.15) is 12.4 Å². The third-order valence-corrected chi connectivity index (χ3v) is 8.50. The summed E-state index contributed by atoms with van der Waals surface area (Å²) in [5, 5.41) is 14.2. The fourth-order valence-electron chi connectivity index (χ4n) is 5.51. The van der Waals surface area contributed by atoms with Gasteiger partial charge in [-0.3, -0.25) is 9.59 Å². The Kier molecular flexibility index (Phi) is 12.7. The minimum Gasteiger partial charge on any atom is -0.497 e. The third-order valence-electron chi connectivity index (χ3n) is 8.50. The molecule has 1 aliphatic rings. The molecule has 1 heterocycles. The summed E-state index contributed by atoms with van der Waals surface area (Å²) in [6, 6.07) is 20.0. The summed E-state index contributed by atoms with van der Waals surface area (Å²) in [5.74, 6) is 1.39. The second kappa shape index (κ2) is 16.9. The molecule has 0 aliphatic carbocycles. The van der Waals surface area contributed by atoms with Crippen LogP contribution in [0.4, 0.5) is 0 Å². The van der Waals surface area contributed by atoms with E-state index in [4.69, 9.17) is 18.9 Å². The van der Waals surface area contributed by atoms with Crippen molar-refractivity contribution in [1.29, 1.82) is 0 Å². The van der Waals surface area contributed by atoms with E-state index in [0.29, 0.717) is 42.4 Å². The standard InChI is InChI=1S/C36H47N3O7/c1-25(37-35(41)29-21-32(44-4)34(33(22-29)45-5)46-24-27-9-7-6-8-10-27)31(40)23-39(36(42)28-16-18-38(2)19-17-28)20-15-26-11-13-30(43-3)14-12-26/h6-14,21-22,25,28,31,40H,15-20,23-24H2,1-5H3,(H,37,41). The normalized spacial score (nSPS) is 15.0. The van der Waals surface area contributed by atoms with Crippen molar-refractivity contribution in [2.45, 2.75) is 44.9 Å².